The van der Waals surface area contributed by atoms with Crippen molar-refractivity contribution in [2.45, 2.75) is 83.0 Å². The monoisotopic (exact) mass is 534 g/mol. The van der Waals surface area contributed by atoms with Crippen LogP contribution in [0.2, 0.25) is 0 Å². The van der Waals surface area contributed by atoms with Crippen LogP contribution in [-0.2, 0) is 30.4 Å². The van der Waals surface area contributed by atoms with Gasteiger partial charge < -0.3 is 38.3 Å². The molecule has 212 valence electrons. The summed E-state index contributed by atoms with van der Waals surface area (Å²) in [6, 6.07) is 4.39. The molecule has 1 aromatic carbocycles. The minimum absolute atomic E-state index is 0.0178. The summed E-state index contributed by atoms with van der Waals surface area (Å²) >= 11 is 0. The van der Waals surface area contributed by atoms with E-state index < -0.39 is 53.8 Å². The number of carboxylic acids is 1. The molecule has 12 nitrogen and oxygen atoms in total. The largest absolute Gasteiger partial charge is 0.480 e. The third-order valence-electron chi connectivity index (χ3n) is 5.85. The van der Waals surface area contributed by atoms with Gasteiger partial charge in [-0.25, -0.2) is 4.79 Å². The van der Waals surface area contributed by atoms with Crippen LogP contribution in [0.5, 0.6) is 0 Å². The van der Waals surface area contributed by atoms with Crippen molar-refractivity contribution in [3.8, 4) is 0 Å². The van der Waals surface area contributed by atoms with Crippen molar-refractivity contribution in [3.05, 3.63) is 35.9 Å². The maximum absolute atomic E-state index is 13.2. The van der Waals surface area contributed by atoms with Crippen LogP contribution in [0, 0.1) is 5.92 Å². The lowest BCUT2D eigenvalue weighted by Gasteiger charge is -2.25. The number of benzene rings is 1. The van der Waals surface area contributed by atoms with E-state index in [1.54, 1.807) is 30.3 Å². The van der Waals surface area contributed by atoms with E-state index >= 15 is 0 Å². The van der Waals surface area contributed by atoms with Gasteiger partial charge in [-0.1, -0.05) is 44.2 Å². The van der Waals surface area contributed by atoms with E-state index in [-0.39, 0.29) is 31.6 Å². The van der Waals surface area contributed by atoms with Crippen LogP contribution >= 0.6 is 0 Å². The number of carbonyl (C=O) groups is 5. The van der Waals surface area contributed by atoms with E-state index in [2.05, 4.69) is 16.0 Å². The molecule has 12 heteroatoms. The standard InChI is InChI=1S/C26H42N6O6/c1-16(2)14-18(28)23(34)30-19(10-6-7-13-27)24(35)31-20(11-12-22(29)33)25(36)32-21(26(37)38)15-17-8-4-3-5-9-17/h3-5,8-9,16,18-21H,6-7,10-15,27-28H2,1-2H3,(H2,29,33)(H,30,34)(H,31,35)(H,32,36)(H,37,38). The lowest BCUT2D eigenvalue weighted by molar-refractivity contribution is -0.142. The van der Waals surface area contributed by atoms with Gasteiger partial charge in [-0.05, 0) is 50.1 Å². The fraction of sp³-hybridized carbons (Fsp3) is 0.577. The molecule has 0 radical (unpaired) electrons. The Labute approximate surface area is 223 Å². The van der Waals surface area contributed by atoms with Crippen LogP contribution in [0.3, 0.4) is 0 Å². The molecule has 4 amide bonds. The second kappa shape index (κ2) is 17.1. The Balaban J connectivity index is 3.03. The van der Waals surface area contributed by atoms with Crippen molar-refractivity contribution >= 4 is 29.6 Å². The number of carbonyl (C=O) groups excluding carboxylic acids is 4. The summed E-state index contributed by atoms with van der Waals surface area (Å²) in [5, 5.41) is 17.3. The number of primary amides is 1. The lowest BCUT2D eigenvalue weighted by Crippen LogP contribution is -2.57. The molecule has 0 aliphatic rings. The number of nitrogens with one attached hydrogen (secondary N) is 3. The third-order valence-corrected chi connectivity index (χ3v) is 5.85. The van der Waals surface area contributed by atoms with Gasteiger partial charge in [-0.2, -0.15) is 0 Å². The number of hydrogen-bond acceptors (Lipinski definition) is 7. The lowest BCUT2D eigenvalue weighted by atomic mass is 10.0. The summed E-state index contributed by atoms with van der Waals surface area (Å²) in [5.74, 6) is -3.73. The number of amides is 4. The molecule has 0 aromatic heterocycles. The first-order valence-electron chi connectivity index (χ1n) is 12.9. The average molecular weight is 535 g/mol. The normalized spacial score (nSPS) is 14.1. The molecule has 0 spiro atoms. The number of unbranched alkanes of at least 4 members (excludes halogenated alkanes) is 1. The number of carboxylic acid groups (broad SMARTS) is 1. The Morgan fingerprint density at radius 3 is 1.92 bits per heavy atom. The Morgan fingerprint density at radius 1 is 0.842 bits per heavy atom. The highest BCUT2D eigenvalue weighted by Gasteiger charge is 2.30. The third kappa shape index (κ3) is 12.6. The number of rotatable bonds is 18. The predicted octanol–water partition coefficient (Wildman–Crippen LogP) is -0.464. The molecule has 1 rings (SSSR count). The maximum atomic E-state index is 13.2. The first-order chi connectivity index (χ1) is 17.9. The first-order valence-corrected chi connectivity index (χ1v) is 12.9. The van der Waals surface area contributed by atoms with E-state index in [0.717, 1.165) is 0 Å². The molecular weight excluding hydrogens is 492 g/mol. The molecule has 1 aromatic rings. The van der Waals surface area contributed by atoms with Crippen LogP contribution in [0.1, 0.15) is 57.9 Å². The summed E-state index contributed by atoms with van der Waals surface area (Å²) in [5.41, 5.74) is 17.5. The summed E-state index contributed by atoms with van der Waals surface area (Å²) < 4.78 is 0. The highest BCUT2D eigenvalue weighted by Crippen LogP contribution is 2.08. The summed E-state index contributed by atoms with van der Waals surface area (Å²) in [7, 11) is 0. The van der Waals surface area contributed by atoms with Gasteiger partial charge in [-0.15, -0.1) is 0 Å². The Hall–Kier alpha value is -3.51. The van der Waals surface area contributed by atoms with E-state index in [1.165, 1.54) is 0 Å². The van der Waals surface area contributed by atoms with Crippen LogP contribution < -0.4 is 33.2 Å². The van der Waals surface area contributed by atoms with Gasteiger partial charge in [0, 0.05) is 12.8 Å². The first kappa shape index (κ1) is 32.5. The van der Waals surface area contributed by atoms with E-state index in [1.807, 2.05) is 13.8 Å². The van der Waals surface area contributed by atoms with Gasteiger partial charge in [-0.3, -0.25) is 19.2 Å². The molecule has 0 heterocycles. The van der Waals surface area contributed by atoms with Crippen molar-refractivity contribution < 1.29 is 29.1 Å². The van der Waals surface area contributed by atoms with Crippen LogP contribution in [0.15, 0.2) is 30.3 Å². The summed E-state index contributed by atoms with van der Waals surface area (Å²) in [6.07, 6.45) is 1.46. The smallest absolute Gasteiger partial charge is 0.326 e. The Morgan fingerprint density at radius 2 is 1.39 bits per heavy atom. The molecule has 0 aliphatic carbocycles. The second-order valence-corrected chi connectivity index (χ2v) is 9.74. The molecule has 0 fully saturated rings. The van der Waals surface area contributed by atoms with Crippen molar-refractivity contribution in [1.29, 1.82) is 0 Å². The van der Waals surface area contributed by atoms with Gasteiger partial charge >= 0.3 is 5.97 Å². The van der Waals surface area contributed by atoms with Crippen LogP contribution in [0.25, 0.3) is 0 Å². The van der Waals surface area contributed by atoms with Crippen LogP contribution in [0.4, 0.5) is 0 Å². The summed E-state index contributed by atoms with van der Waals surface area (Å²) in [4.78, 5) is 62.1. The van der Waals surface area contributed by atoms with Gasteiger partial charge in [0.25, 0.3) is 0 Å². The predicted molar refractivity (Wildman–Crippen MR) is 142 cm³/mol. The average Bonchev–Trinajstić information content (AvgIpc) is 2.85. The molecule has 0 bridgehead atoms. The number of aliphatic carboxylic acids is 1. The van der Waals surface area contributed by atoms with Crippen molar-refractivity contribution in [1.82, 2.24) is 16.0 Å². The van der Waals surface area contributed by atoms with Gasteiger partial charge in [0.1, 0.15) is 18.1 Å². The zero-order chi connectivity index (χ0) is 28.7. The molecule has 10 N–H and O–H groups in total. The van der Waals surface area contributed by atoms with Gasteiger partial charge in [0.05, 0.1) is 6.04 Å². The van der Waals surface area contributed by atoms with Gasteiger partial charge in [0.2, 0.25) is 23.6 Å². The van der Waals surface area contributed by atoms with E-state index in [0.29, 0.717) is 31.4 Å². The van der Waals surface area contributed by atoms with Crippen molar-refractivity contribution in [3.63, 3.8) is 0 Å². The Bertz CT molecular complexity index is 926. The van der Waals surface area contributed by atoms with E-state index in [4.69, 9.17) is 17.2 Å². The second-order valence-electron chi connectivity index (χ2n) is 9.74. The quantitative estimate of drug-likeness (QED) is 0.122. The fourth-order valence-electron chi connectivity index (χ4n) is 3.81. The minimum Gasteiger partial charge on any atom is -0.480 e. The van der Waals surface area contributed by atoms with Gasteiger partial charge in [0.15, 0.2) is 0 Å². The maximum Gasteiger partial charge on any atom is 0.326 e. The molecule has 4 atom stereocenters. The Kier molecular flexibility index (Phi) is 14.6. The van der Waals surface area contributed by atoms with E-state index in [9.17, 15) is 29.1 Å². The molecule has 4 unspecified atom stereocenters. The topological polar surface area (TPSA) is 220 Å². The molecular formula is C26H42N6O6. The molecule has 38 heavy (non-hydrogen) atoms. The highest BCUT2D eigenvalue weighted by atomic mass is 16.4. The summed E-state index contributed by atoms with van der Waals surface area (Å²) in [6.45, 7) is 4.24. The minimum atomic E-state index is -1.27. The molecule has 0 saturated carbocycles. The molecule has 0 aliphatic heterocycles. The van der Waals surface area contributed by atoms with Crippen molar-refractivity contribution in [2.75, 3.05) is 6.54 Å². The highest BCUT2D eigenvalue weighted by molar-refractivity contribution is 5.94. The van der Waals surface area contributed by atoms with Crippen molar-refractivity contribution in [2.24, 2.45) is 23.1 Å². The number of nitrogens with two attached hydrogens (primary N) is 3. The molecule has 0 saturated heterocycles. The SMILES string of the molecule is CC(C)CC(N)C(=O)NC(CCCCN)C(=O)NC(CCC(N)=O)C(=O)NC(Cc1ccccc1)C(=O)O. The fourth-order valence-corrected chi connectivity index (χ4v) is 3.81. The zero-order valence-corrected chi connectivity index (χ0v) is 22.2. The number of hydrogen-bond donors (Lipinski definition) is 7. The van der Waals surface area contributed by atoms with Crippen LogP contribution in [-0.4, -0.2) is 65.4 Å². The zero-order valence-electron chi connectivity index (χ0n) is 22.2.